The Kier molecular flexibility index (Phi) is 11.7. The molecule has 0 aromatic heterocycles. The second-order valence-corrected chi connectivity index (χ2v) is 1.54. The number of phosphoric acid groups is 1. The quantitative estimate of drug-likeness (QED) is 0.283. The topological polar surface area (TPSA) is 77.8 Å². The third-order valence-electron chi connectivity index (χ3n) is 0. The number of hydrogen-bond acceptors (Lipinski definition) is 1. The van der Waals surface area contributed by atoms with E-state index in [-0.39, 0.29) is 27.3 Å². The predicted octanol–water partition coefficient (Wildman–Crippen LogP) is -2.05. The lowest BCUT2D eigenvalue weighted by molar-refractivity contribution is 0.275. The van der Waals surface area contributed by atoms with Crippen molar-refractivity contribution < 1.29 is 19.2 Å². The van der Waals surface area contributed by atoms with E-state index >= 15 is 0 Å². The summed E-state index contributed by atoms with van der Waals surface area (Å²) in [4.78, 5) is 21.6. The van der Waals surface area contributed by atoms with Crippen LogP contribution in [0.3, 0.4) is 0 Å². The van der Waals surface area contributed by atoms with Crippen LogP contribution in [0, 0.1) is 0 Å². The standard InChI is InChI=1S/Al.H3O4P.H3P.3H/c;1-5(2,3)4;;;;/h;(H3,1,2,3,4);1H3;;;. The van der Waals surface area contributed by atoms with E-state index in [9.17, 15) is 0 Å². The lowest BCUT2D eigenvalue weighted by Crippen LogP contribution is -1.66. The average molecular weight is 162 g/mol. The van der Waals surface area contributed by atoms with Crippen LogP contribution in [0.2, 0.25) is 0 Å². The van der Waals surface area contributed by atoms with Gasteiger partial charge in [0.1, 0.15) is 0 Å². The third kappa shape index (κ3) is 158. The van der Waals surface area contributed by atoms with Crippen molar-refractivity contribution in [2.75, 3.05) is 0 Å². The fraction of sp³-hybridized carbons (Fsp3) is 0. The molecule has 0 aromatic carbocycles. The summed E-state index contributed by atoms with van der Waals surface area (Å²) in [6, 6.07) is 0. The molecule has 0 amide bonds. The Hall–Kier alpha value is 1.07. The van der Waals surface area contributed by atoms with Crippen LogP contribution in [-0.4, -0.2) is 32.0 Å². The van der Waals surface area contributed by atoms with Crippen LogP contribution in [0.5, 0.6) is 0 Å². The molecule has 1 unspecified atom stereocenters. The first kappa shape index (κ1) is 15.7. The largest absolute Gasteiger partial charge is 0.466 e. The van der Waals surface area contributed by atoms with Gasteiger partial charge in [0.05, 0.1) is 0 Å². The van der Waals surface area contributed by atoms with Crippen molar-refractivity contribution in [3.8, 4) is 0 Å². The first-order chi connectivity index (χ1) is 2.00. The van der Waals surface area contributed by atoms with Gasteiger partial charge in [-0.15, -0.1) is 0 Å². The summed E-state index contributed by atoms with van der Waals surface area (Å²) in [5.74, 6) is 0. The Balaban J connectivity index is -0.0000000800. The summed E-state index contributed by atoms with van der Waals surface area (Å²) >= 11 is 0. The summed E-state index contributed by atoms with van der Waals surface area (Å²) in [6.07, 6.45) is 0. The third-order valence-corrected chi connectivity index (χ3v) is 0. The first-order valence-electron chi connectivity index (χ1n) is 0.783. The molecule has 0 aliphatic rings. The molecule has 4 nitrogen and oxygen atoms in total. The molecule has 3 N–H and O–H groups in total. The summed E-state index contributed by atoms with van der Waals surface area (Å²) in [6.45, 7) is 0. The fourth-order valence-electron chi connectivity index (χ4n) is 0. The van der Waals surface area contributed by atoms with Crippen molar-refractivity contribution in [1.82, 2.24) is 0 Å². The van der Waals surface area contributed by atoms with E-state index in [0.29, 0.717) is 0 Å². The lowest BCUT2D eigenvalue weighted by atomic mass is 15.8. The van der Waals surface area contributed by atoms with E-state index in [0.717, 1.165) is 0 Å². The molecule has 0 radical (unpaired) electrons. The monoisotopic (exact) mass is 162 g/mol. The number of hydrogen-bond donors (Lipinski definition) is 3. The van der Waals surface area contributed by atoms with Gasteiger partial charge in [0.15, 0.2) is 17.4 Å². The summed E-state index contributed by atoms with van der Waals surface area (Å²) in [5.41, 5.74) is 0. The van der Waals surface area contributed by atoms with Gasteiger partial charge in [0, 0.05) is 0 Å². The van der Waals surface area contributed by atoms with Gasteiger partial charge in [0.2, 0.25) is 0 Å². The second kappa shape index (κ2) is 5.21. The van der Waals surface area contributed by atoms with Crippen molar-refractivity contribution >= 4 is 35.1 Å². The maximum Gasteiger partial charge on any atom is 0.466 e. The lowest BCUT2D eigenvalue weighted by Gasteiger charge is -1.82. The van der Waals surface area contributed by atoms with Crippen LogP contribution in [-0.2, 0) is 4.57 Å². The molecule has 7 heteroatoms. The van der Waals surface area contributed by atoms with Gasteiger partial charge in [-0.25, -0.2) is 4.57 Å². The molecule has 7 heavy (non-hydrogen) atoms. The SMILES string of the molecule is O=P(O)(O)O.P.[AlH3]. The molecule has 0 bridgehead atoms. The molecule has 0 saturated heterocycles. The van der Waals surface area contributed by atoms with Crippen LogP contribution in [0.15, 0.2) is 0 Å². The summed E-state index contributed by atoms with van der Waals surface area (Å²) < 4.78 is 8.88. The molecule has 0 fully saturated rings. The fourth-order valence-corrected chi connectivity index (χ4v) is 0. The Bertz CT molecular complexity index is 55.8. The maximum absolute atomic E-state index is 8.88. The molecule has 1 atom stereocenters. The van der Waals surface area contributed by atoms with E-state index in [2.05, 4.69) is 0 Å². The zero-order chi connectivity index (χ0) is 4.50. The van der Waals surface area contributed by atoms with Crippen LogP contribution < -0.4 is 0 Å². The van der Waals surface area contributed by atoms with E-state index in [1.807, 2.05) is 0 Å². The predicted molar refractivity (Wildman–Crippen MR) is 35.3 cm³/mol. The van der Waals surface area contributed by atoms with E-state index < -0.39 is 7.82 Å². The van der Waals surface area contributed by atoms with Crippen LogP contribution in [0.25, 0.3) is 0 Å². The number of rotatable bonds is 0. The molecule has 0 heterocycles. The Morgan fingerprint density at radius 1 is 1.14 bits per heavy atom. The first-order valence-corrected chi connectivity index (χ1v) is 2.35. The minimum atomic E-state index is -4.64. The van der Waals surface area contributed by atoms with Gasteiger partial charge in [-0.3, -0.25) is 0 Å². The Morgan fingerprint density at radius 2 is 1.14 bits per heavy atom. The van der Waals surface area contributed by atoms with Gasteiger partial charge >= 0.3 is 7.82 Å². The zero-order valence-electron chi connectivity index (χ0n) is 2.90. The summed E-state index contributed by atoms with van der Waals surface area (Å²) in [5, 5.41) is 0. The van der Waals surface area contributed by atoms with Crippen LogP contribution >= 0.6 is 17.7 Å². The van der Waals surface area contributed by atoms with Crippen molar-refractivity contribution in [2.45, 2.75) is 0 Å². The highest BCUT2D eigenvalue weighted by Gasteiger charge is 2.00. The zero-order valence-corrected chi connectivity index (χ0v) is 5.21. The van der Waals surface area contributed by atoms with E-state index in [4.69, 9.17) is 19.2 Å². The van der Waals surface area contributed by atoms with Crippen molar-refractivity contribution in [3.05, 3.63) is 0 Å². The van der Waals surface area contributed by atoms with Gasteiger partial charge in [-0.2, -0.15) is 9.90 Å². The molecule has 0 rings (SSSR count). The molecular formula is H9AlO4P2. The molecule has 0 aromatic rings. The second-order valence-electron chi connectivity index (χ2n) is 0.513. The van der Waals surface area contributed by atoms with E-state index in [1.54, 1.807) is 0 Å². The van der Waals surface area contributed by atoms with Crippen molar-refractivity contribution in [2.24, 2.45) is 0 Å². The smallest absolute Gasteiger partial charge is 0.303 e. The highest BCUT2D eigenvalue weighted by molar-refractivity contribution is 7.45. The average Bonchev–Trinajstić information content (AvgIpc) is 0.722. The van der Waals surface area contributed by atoms with Gasteiger partial charge in [-0.1, -0.05) is 0 Å². The normalized spacial score (nSPS) is 8.43. The molecule has 0 aliphatic carbocycles. The van der Waals surface area contributed by atoms with Crippen LogP contribution in [0.4, 0.5) is 0 Å². The summed E-state index contributed by atoms with van der Waals surface area (Å²) in [7, 11) is -4.64. The highest BCUT2D eigenvalue weighted by atomic mass is 31.2. The molecule has 0 spiro atoms. The van der Waals surface area contributed by atoms with Gasteiger partial charge in [0.25, 0.3) is 0 Å². The molecule has 46 valence electrons. The van der Waals surface area contributed by atoms with Gasteiger partial charge in [-0.05, 0) is 0 Å². The minimum absolute atomic E-state index is 0. The van der Waals surface area contributed by atoms with Crippen molar-refractivity contribution in [1.29, 1.82) is 0 Å². The van der Waals surface area contributed by atoms with Crippen LogP contribution in [0.1, 0.15) is 0 Å². The maximum atomic E-state index is 8.88. The molecule has 0 aliphatic heterocycles. The highest BCUT2D eigenvalue weighted by Crippen LogP contribution is 2.25. The van der Waals surface area contributed by atoms with E-state index in [1.165, 1.54) is 0 Å². The minimum Gasteiger partial charge on any atom is -0.303 e. The van der Waals surface area contributed by atoms with Crippen molar-refractivity contribution in [3.63, 3.8) is 0 Å². The Labute approximate surface area is 54.9 Å². The van der Waals surface area contributed by atoms with Gasteiger partial charge < -0.3 is 14.7 Å². The molecular weight excluding hydrogens is 153 g/mol. The Morgan fingerprint density at radius 3 is 1.14 bits per heavy atom. The molecule has 0 saturated carbocycles.